The molecular formula is C17H26N2O2. The van der Waals surface area contributed by atoms with Crippen LogP contribution in [-0.2, 0) is 11.3 Å². The van der Waals surface area contributed by atoms with E-state index in [1.807, 2.05) is 36.9 Å². The molecule has 1 aromatic rings. The number of likely N-dealkylation sites (tertiary alicyclic amines) is 1. The number of nitrogens with zero attached hydrogens (tertiary/aromatic N) is 2. The van der Waals surface area contributed by atoms with Gasteiger partial charge in [0.1, 0.15) is 0 Å². The number of carbonyl (C=O) groups excluding carboxylic acids is 1. The van der Waals surface area contributed by atoms with E-state index >= 15 is 0 Å². The van der Waals surface area contributed by atoms with Crippen LogP contribution in [-0.4, -0.2) is 53.1 Å². The number of carbonyl (C=O) groups is 1. The lowest BCUT2D eigenvalue weighted by molar-refractivity contribution is -0.132. The number of hydrogen-bond donors (Lipinski definition) is 1. The molecule has 1 fully saturated rings. The van der Waals surface area contributed by atoms with Crippen molar-refractivity contribution < 1.29 is 9.90 Å². The van der Waals surface area contributed by atoms with Crippen LogP contribution in [0.25, 0.3) is 0 Å². The molecule has 1 heterocycles. The molecule has 2 rings (SSSR count). The Morgan fingerprint density at radius 1 is 1.43 bits per heavy atom. The van der Waals surface area contributed by atoms with E-state index in [0.29, 0.717) is 19.0 Å². The predicted octanol–water partition coefficient (Wildman–Crippen LogP) is 1.74. The van der Waals surface area contributed by atoms with Crippen molar-refractivity contribution in [3.8, 4) is 0 Å². The summed E-state index contributed by atoms with van der Waals surface area (Å²) in [6, 6.07) is 10.1. The van der Waals surface area contributed by atoms with Crippen LogP contribution in [0.1, 0.15) is 25.8 Å². The Kier molecular flexibility index (Phi) is 5.76. The Morgan fingerprint density at radius 2 is 2.14 bits per heavy atom. The highest BCUT2D eigenvalue weighted by molar-refractivity contribution is 5.78. The third-order valence-electron chi connectivity index (χ3n) is 4.30. The number of hydrogen-bond acceptors (Lipinski definition) is 3. The fourth-order valence-electron chi connectivity index (χ4n) is 2.87. The predicted molar refractivity (Wildman–Crippen MR) is 83.8 cm³/mol. The number of aliphatic hydroxyl groups is 1. The number of amides is 1. The SMILES string of the molecule is CCN(Cc1ccccc1)C(=O)CN1CCC(C(C)O)C1. The Labute approximate surface area is 127 Å². The summed E-state index contributed by atoms with van der Waals surface area (Å²) in [5.41, 5.74) is 1.16. The summed E-state index contributed by atoms with van der Waals surface area (Å²) in [7, 11) is 0. The van der Waals surface area contributed by atoms with Gasteiger partial charge in [-0.3, -0.25) is 9.69 Å². The van der Waals surface area contributed by atoms with Crippen molar-refractivity contribution in [3.05, 3.63) is 35.9 Å². The van der Waals surface area contributed by atoms with Crippen LogP contribution < -0.4 is 0 Å². The first-order chi connectivity index (χ1) is 10.1. The summed E-state index contributed by atoms with van der Waals surface area (Å²) in [5, 5.41) is 9.63. The molecule has 0 radical (unpaired) electrons. The first kappa shape index (κ1) is 16.0. The molecule has 1 N–H and O–H groups in total. The number of aliphatic hydroxyl groups excluding tert-OH is 1. The van der Waals surface area contributed by atoms with Gasteiger partial charge in [-0.1, -0.05) is 30.3 Å². The molecule has 116 valence electrons. The Morgan fingerprint density at radius 3 is 2.71 bits per heavy atom. The topological polar surface area (TPSA) is 43.8 Å². The lowest BCUT2D eigenvalue weighted by Gasteiger charge is -2.24. The van der Waals surface area contributed by atoms with Gasteiger partial charge in [-0.25, -0.2) is 0 Å². The highest BCUT2D eigenvalue weighted by Gasteiger charge is 2.28. The zero-order valence-corrected chi connectivity index (χ0v) is 13.0. The van der Waals surface area contributed by atoms with E-state index in [1.165, 1.54) is 0 Å². The largest absolute Gasteiger partial charge is 0.393 e. The van der Waals surface area contributed by atoms with Crippen LogP contribution >= 0.6 is 0 Å². The number of likely N-dealkylation sites (N-methyl/N-ethyl adjacent to an activating group) is 1. The van der Waals surface area contributed by atoms with Crippen molar-refractivity contribution in [1.82, 2.24) is 9.80 Å². The zero-order chi connectivity index (χ0) is 15.2. The quantitative estimate of drug-likeness (QED) is 0.868. The molecule has 2 unspecified atom stereocenters. The van der Waals surface area contributed by atoms with Gasteiger partial charge in [-0.2, -0.15) is 0 Å². The summed E-state index contributed by atoms with van der Waals surface area (Å²) in [5.74, 6) is 0.481. The second-order valence-electron chi connectivity index (χ2n) is 5.92. The molecule has 21 heavy (non-hydrogen) atoms. The molecule has 0 aliphatic carbocycles. The normalized spacial score (nSPS) is 20.4. The molecule has 1 amide bonds. The van der Waals surface area contributed by atoms with Crippen molar-refractivity contribution in [2.45, 2.75) is 32.9 Å². The fourth-order valence-corrected chi connectivity index (χ4v) is 2.87. The van der Waals surface area contributed by atoms with Gasteiger partial charge < -0.3 is 10.0 Å². The zero-order valence-electron chi connectivity index (χ0n) is 13.0. The van der Waals surface area contributed by atoms with E-state index in [4.69, 9.17) is 0 Å². The van der Waals surface area contributed by atoms with Gasteiger partial charge in [0.15, 0.2) is 0 Å². The van der Waals surface area contributed by atoms with Crippen molar-refractivity contribution in [2.24, 2.45) is 5.92 Å². The second-order valence-corrected chi connectivity index (χ2v) is 5.92. The molecule has 1 saturated heterocycles. The van der Waals surface area contributed by atoms with E-state index in [9.17, 15) is 9.90 Å². The molecule has 1 aliphatic heterocycles. The second kappa shape index (κ2) is 7.57. The molecule has 4 nitrogen and oxygen atoms in total. The van der Waals surface area contributed by atoms with Crippen molar-refractivity contribution in [3.63, 3.8) is 0 Å². The first-order valence-electron chi connectivity index (χ1n) is 7.82. The Hall–Kier alpha value is -1.39. The van der Waals surface area contributed by atoms with E-state index in [1.54, 1.807) is 0 Å². The fraction of sp³-hybridized carbons (Fsp3) is 0.588. The number of rotatable bonds is 6. The van der Waals surface area contributed by atoms with Crippen LogP contribution in [0.5, 0.6) is 0 Å². The Bertz CT molecular complexity index is 447. The molecule has 1 aliphatic rings. The minimum atomic E-state index is -0.281. The van der Waals surface area contributed by atoms with Crippen LogP contribution in [0.3, 0.4) is 0 Å². The molecule has 0 saturated carbocycles. The molecule has 0 aromatic heterocycles. The van der Waals surface area contributed by atoms with Gasteiger partial charge >= 0.3 is 0 Å². The Balaban J connectivity index is 1.86. The van der Waals surface area contributed by atoms with Crippen LogP contribution in [0.2, 0.25) is 0 Å². The van der Waals surface area contributed by atoms with Crippen LogP contribution in [0.15, 0.2) is 30.3 Å². The highest BCUT2D eigenvalue weighted by Crippen LogP contribution is 2.19. The maximum atomic E-state index is 12.4. The van der Waals surface area contributed by atoms with E-state index in [0.717, 1.165) is 31.6 Å². The van der Waals surface area contributed by atoms with Crippen molar-refractivity contribution in [1.29, 1.82) is 0 Å². The van der Waals surface area contributed by atoms with E-state index < -0.39 is 0 Å². The van der Waals surface area contributed by atoms with Crippen LogP contribution in [0.4, 0.5) is 0 Å². The van der Waals surface area contributed by atoms with Gasteiger partial charge in [0.2, 0.25) is 5.91 Å². The lowest BCUT2D eigenvalue weighted by Crippen LogP contribution is -2.39. The number of benzene rings is 1. The summed E-state index contributed by atoms with van der Waals surface area (Å²) >= 11 is 0. The molecule has 1 aromatic carbocycles. The summed E-state index contributed by atoms with van der Waals surface area (Å²) < 4.78 is 0. The molecule has 4 heteroatoms. The maximum Gasteiger partial charge on any atom is 0.237 e. The summed E-state index contributed by atoms with van der Waals surface area (Å²) in [6.07, 6.45) is 0.701. The van der Waals surface area contributed by atoms with Gasteiger partial charge in [-0.15, -0.1) is 0 Å². The minimum Gasteiger partial charge on any atom is -0.393 e. The van der Waals surface area contributed by atoms with Gasteiger partial charge in [0, 0.05) is 19.6 Å². The van der Waals surface area contributed by atoms with Crippen molar-refractivity contribution >= 4 is 5.91 Å². The smallest absolute Gasteiger partial charge is 0.237 e. The standard InChI is InChI=1S/C17H26N2O2/c1-3-19(11-15-7-5-4-6-8-15)17(21)13-18-10-9-16(12-18)14(2)20/h4-8,14,16,20H,3,9-13H2,1-2H3. The third-order valence-corrected chi connectivity index (χ3v) is 4.30. The lowest BCUT2D eigenvalue weighted by atomic mass is 10.0. The molecule has 2 atom stereocenters. The summed E-state index contributed by atoms with van der Waals surface area (Å²) in [6.45, 7) is 7.44. The highest BCUT2D eigenvalue weighted by atomic mass is 16.3. The molecule has 0 bridgehead atoms. The molecular weight excluding hydrogens is 264 g/mol. The minimum absolute atomic E-state index is 0.174. The van der Waals surface area contributed by atoms with Gasteiger partial charge in [0.25, 0.3) is 0 Å². The van der Waals surface area contributed by atoms with E-state index in [2.05, 4.69) is 17.0 Å². The average Bonchev–Trinajstić information content (AvgIpc) is 2.94. The third kappa shape index (κ3) is 4.55. The average molecular weight is 290 g/mol. The van der Waals surface area contributed by atoms with Crippen LogP contribution in [0, 0.1) is 5.92 Å². The van der Waals surface area contributed by atoms with Gasteiger partial charge in [0.05, 0.1) is 12.6 Å². The first-order valence-corrected chi connectivity index (χ1v) is 7.82. The summed E-state index contributed by atoms with van der Waals surface area (Å²) in [4.78, 5) is 16.5. The monoisotopic (exact) mass is 290 g/mol. The van der Waals surface area contributed by atoms with Gasteiger partial charge in [-0.05, 0) is 38.3 Å². The maximum absolute atomic E-state index is 12.4. The molecule has 0 spiro atoms. The van der Waals surface area contributed by atoms with Crippen molar-refractivity contribution in [2.75, 3.05) is 26.2 Å². The van der Waals surface area contributed by atoms with E-state index in [-0.39, 0.29) is 12.0 Å².